The van der Waals surface area contributed by atoms with E-state index in [2.05, 4.69) is 26.3 Å². The highest BCUT2D eigenvalue weighted by Gasteiger charge is 2.27. The third-order valence-electron chi connectivity index (χ3n) is 3.78. The summed E-state index contributed by atoms with van der Waals surface area (Å²) in [5, 5.41) is 17.4. The van der Waals surface area contributed by atoms with E-state index in [0.29, 0.717) is 5.56 Å². The molecule has 2 aromatic heterocycles. The van der Waals surface area contributed by atoms with Gasteiger partial charge in [-0.3, -0.25) is 4.79 Å². The average molecular weight is 503 g/mol. The molecule has 0 aliphatic heterocycles. The summed E-state index contributed by atoms with van der Waals surface area (Å²) in [6, 6.07) is 0. The van der Waals surface area contributed by atoms with E-state index in [-0.39, 0.29) is 51.9 Å². The van der Waals surface area contributed by atoms with Gasteiger partial charge in [0.1, 0.15) is 14.4 Å². The summed E-state index contributed by atoms with van der Waals surface area (Å²) >= 11 is 3.96. The second kappa shape index (κ2) is 10.3. The molecule has 0 spiro atoms. The molecule has 11 nitrogen and oxygen atoms in total. The largest absolute Gasteiger partial charge is 0.462 e. The van der Waals surface area contributed by atoms with Crippen LogP contribution in [0.4, 0.5) is 10.8 Å². The number of rotatable bonds is 9. The number of esters is 2. The number of nitrogens with zero attached hydrogens (tertiary/aromatic N) is 3. The van der Waals surface area contributed by atoms with E-state index < -0.39 is 22.8 Å². The lowest BCUT2D eigenvalue weighted by molar-refractivity contribution is -0.390. The van der Waals surface area contributed by atoms with Gasteiger partial charge >= 0.3 is 17.8 Å². The SMILES string of the molecule is CCOC(=O)c1sc(NC(=O)CCn2cc(Br)c([N+](=O)[O-])n2)c(C(=O)OCC)c1C. The van der Waals surface area contributed by atoms with Crippen molar-refractivity contribution < 1.29 is 28.8 Å². The van der Waals surface area contributed by atoms with Gasteiger partial charge in [-0.25, -0.2) is 9.59 Å². The Morgan fingerprint density at radius 1 is 1.27 bits per heavy atom. The second-order valence-electron chi connectivity index (χ2n) is 5.82. The van der Waals surface area contributed by atoms with E-state index in [1.807, 2.05) is 0 Å². The van der Waals surface area contributed by atoms with Crippen molar-refractivity contribution in [3.05, 3.63) is 36.8 Å². The van der Waals surface area contributed by atoms with Crippen molar-refractivity contribution in [1.82, 2.24) is 9.78 Å². The number of aryl methyl sites for hydroxylation is 1. The highest BCUT2D eigenvalue weighted by molar-refractivity contribution is 9.10. The Kier molecular flexibility index (Phi) is 8.06. The summed E-state index contributed by atoms with van der Waals surface area (Å²) < 4.78 is 11.5. The number of aromatic nitrogens is 2. The first-order valence-electron chi connectivity index (χ1n) is 8.84. The highest BCUT2D eigenvalue weighted by Crippen LogP contribution is 2.34. The lowest BCUT2D eigenvalue weighted by Gasteiger charge is -2.06. The minimum Gasteiger partial charge on any atom is -0.462 e. The van der Waals surface area contributed by atoms with Crippen LogP contribution in [0.1, 0.15) is 45.9 Å². The monoisotopic (exact) mass is 502 g/mol. The summed E-state index contributed by atoms with van der Waals surface area (Å²) in [6.45, 7) is 5.24. The molecule has 0 bridgehead atoms. The zero-order chi connectivity index (χ0) is 22.4. The lowest BCUT2D eigenvalue weighted by atomic mass is 10.1. The number of hydrogen-bond donors (Lipinski definition) is 1. The molecule has 0 saturated heterocycles. The van der Waals surface area contributed by atoms with Crippen molar-refractivity contribution in [1.29, 1.82) is 0 Å². The summed E-state index contributed by atoms with van der Waals surface area (Å²) in [5.74, 6) is -2.08. The van der Waals surface area contributed by atoms with Crippen LogP contribution in [0.15, 0.2) is 10.7 Å². The van der Waals surface area contributed by atoms with Crippen LogP contribution in [-0.4, -0.2) is 45.8 Å². The molecule has 2 heterocycles. The molecule has 2 aromatic rings. The van der Waals surface area contributed by atoms with E-state index in [4.69, 9.17) is 9.47 Å². The van der Waals surface area contributed by atoms with Crippen LogP contribution in [0.3, 0.4) is 0 Å². The fraction of sp³-hybridized carbons (Fsp3) is 0.412. The molecular weight excluding hydrogens is 484 g/mol. The van der Waals surface area contributed by atoms with Gasteiger partial charge in [-0.15, -0.1) is 11.3 Å². The smallest absolute Gasteiger partial charge is 0.404 e. The number of amides is 1. The number of thiophene rings is 1. The van der Waals surface area contributed by atoms with Crippen molar-refractivity contribution in [2.75, 3.05) is 18.5 Å². The first-order valence-corrected chi connectivity index (χ1v) is 10.4. The van der Waals surface area contributed by atoms with Crippen LogP contribution in [-0.2, 0) is 20.8 Å². The number of carbonyl (C=O) groups is 3. The van der Waals surface area contributed by atoms with Crippen molar-refractivity contribution in [2.24, 2.45) is 0 Å². The average Bonchev–Trinajstić information content (AvgIpc) is 3.20. The van der Waals surface area contributed by atoms with Gasteiger partial charge in [0, 0.05) is 6.42 Å². The minimum atomic E-state index is -0.663. The molecule has 1 N–H and O–H groups in total. The third kappa shape index (κ3) is 5.42. The maximum absolute atomic E-state index is 12.4. The van der Waals surface area contributed by atoms with Gasteiger partial charge in [0.15, 0.2) is 0 Å². The number of carbonyl (C=O) groups excluding carboxylic acids is 3. The second-order valence-corrected chi connectivity index (χ2v) is 7.70. The molecule has 1 amide bonds. The molecule has 30 heavy (non-hydrogen) atoms. The van der Waals surface area contributed by atoms with E-state index in [1.165, 1.54) is 10.9 Å². The summed E-state index contributed by atoms with van der Waals surface area (Å²) in [7, 11) is 0. The first-order chi connectivity index (χ1) is 14.2. The van der Waals surface area contributed by atoms with Crippen LogP contribution >= 0.6 is 27.3 Å². The maximum Gasteiger partial charge on any atom is 0.404 e. The number of ether oxygens (including phenoxy) is 2. The van der Waals surface area contributed by atoms with Crippen molar-refractivity contribution in [3.63, 3.8) is 0 Å². The molecule has 0 saturated carbocycles. The fourth-order valence-corrected chi connectivity index (χ4v) is 4.04. The normalized spacial score (nSPS) is 10.5. The predicted molar refractivity (Wildman–Crippen MR) is 111 cm³/mol. The van der Waals surface area contributed by atoms with Gasteiger partial charge in [-0.2, -0.15) is 4.68 Å². The Morgan fingerprint density at radius 3 is 2.47 bits per heavy atom. The van der Waals surface area contributed by atoms with E-state index in [0.717, 1.165) is 11.3 Å². The molecule has 0 aliphatic rings. The Morgan fingerprint density at radius 2 is 1.90 bits per heavy atom. The zero-order valence-electron chi connectivity index (χ0n) is 16.4. The fourth-order valence-electron chi connectivity index (χ4n) is 2.47. The third-order valence-corrected chi connectivity index (χ3v) is 5.53. The number of nitrogens with one attached hydrogen (secondary N) is 1. The number of anilines is 1. The molecule has 2 rings (SSSR count). The first kappa shape index (κ1) is 23.5. The lowest BCUT2D eigenvalue weighted by Crippen LogP contribution is -2.16. The van der Waals surface area contributed by atoms with Gasteiger partial charge in [0.25, 0.3) is 0 Å². The van der Waals surface area contributed by atoms with E-state index in [1.54, 1.807) is 20.8 Å². The summed E-state index contributed by atoms with van der Waals surface area (Å²) in [5.41, 5.74) is 0.453. The number of nitro groups is 1. The maximum atomic E-state index is 12.4. The van der Waals surface area contributed by atoms with Gasteiger partial charge in [0.05, 0.1) is 36.6 Å². The Labute approximate surface area is 183 Å². The van der Waals surface area contributed by atoms with E-state index in [9.17, 15) is 24.5 Å². The van der Waals surface area contributed by atoms with Crippen LogP contribution < -0.4 is 5.32 Å². The molecule has 0 atom stereocenters. The topological polar surface area (TPSA) is 143 Å². The molecule has 0 fully saturated rings. The standard InChI is InChI=1S/C17H19BrN4O7S/c1-4-28-16(24)12-9(3)13(17(25)29-5-2)30-15(12)19-11(23)6-7-21-8-10(18)14(20-21)22(26)27/h8H,4-7H2,1-3H3,(H,19,23). The molecular formula is C17H19BrN4O7S. The van der Waals surface area contributed by atoms with Gasteiger partial charge < -0.3 is 24.9 Å². The quantitative estimate of drug-likeness (QED) is 0.312. The van der Waals surface area contributed by atoms with Gasteiger partial charge in [-0.05, 0) is 47.2 Å². The molecule has 0 radical (unpaired) electrons. The Bertz CT molecular complexity index is 985. The summed E-state index contributed by atoms with van der Waals surface area (Å²) in [6.07, 6.45) is 1.32. The van der Waals surface area contributed by atoms with Gasteiger partial charge in [0.2, 0.25) is 5.91 Å². The van der Waals surface area contributed by atoms with Gasteiger partial charge in [-0.1, -0.05) is 0 Å². The van der Waals surface area contributed by atoms with Crippen LogP contribution in [0.2, 0.25) is 0 Å². The zero-order valence-corrected chi connectivity index (χ0v) is 18.8. The molecule has 0 aromatic carbocycles. The van der Waals surface area contributed by atoms with Crippen molar-refractivity contribution in [2.45, 2.75) is 33.7 Å². The van der Waals surface area contributed by atoms with Crippen molar-refractivity contribution in [3.8, 4) is 0 Å². The molecule has 0 unspecified atom stereocenters. The highest BCUT2D eigenvalue weighted by atomic mass is 79.9. The van der Waals surface area contributed by atoms with Crippen molar-refractivity contribution >= 4 is 55.9 Å². The van der Waals surface area contributed by atoms with Crippen LogP contribution in [0.25, 0.3) is 0 Å². The predicted octanol–water partition coefficient (Wildman–Crippen LogP) is 3.31. The number of hydrogen-bond acceptors (Lipinski definition) is 9. The Hall–Kier alpha value is -2.80. The molecule has 0 aliphatic carbocycles. The number of halogens is 1. The minimum absolute atomic E-state index is 0.0702. The molecule has 162 valence electrons. The van der Waals surface area contributed by atoms with E-state index >= 15 is 0 Å². The van der Waals surface area contributed by atoms with Crippen LogP contribution in [0, 0.1) is 17.0 Å². The molecule has 13 heteroatoms. The van der Waals surface area contributed by atoms with Crippen LogP contribution in [0.5, 0.6) is 0 Å². The summed E-state index contributed by atoms with van der Waals surface area (Å²) in [4.78, 5) is 47.3. The Balaban J connectivity index is 2.19.